The number of ketones is 1. The van der Waals surface area contributed by atoms with Crippen LogP contribution >= 0.6 is 11.6 Å². The molecule has 2 N–H and O–H groups in total. The zero-order chi connectivity index (χ0) is 15.2. The van der Waals surface area contributed by atoms with E-state index in [1.807, 2.05) is 31.2 Å². The second-order valence-corrected chi connectivity index (χ2v) is 6.14. The number of nitrogens with two attached hydrogens (primary N) is 1. The predicted octanol–water partition coefficient (Wildman–Crippen LogP) is 2.81. The molecule has 1 aromatic heterocycles. The van der Waals surface area contributed by atoms with Crippen LogP contribution in [-0.2, 0) is 23.7 Å². The summed E-state index contributed by atoms with van der Waals surface area (Å²) in [5.41, 5.74) is 8.80. The summed E-state index contributed by atoms with van der Waals surface area (Å²) in [6.45, 7) is 1.89. The molecule has 0 aliphatic heterocycles. The van der Waals surface area contributed by atoms with Crippen LogP contribution in [0.2, 0.25) is 5.15 Å². The van der Waals surface area contributed by atoms with Gasteiger partial charge in [-0.15, -0.1) is 0 Å². The minimum atomic E-state index is -0.348. The molecular weight excluding hydrogens is 286 g/mol. The van der Waals surface area contributed by atoms with Crippen molar-refractivity contribution < 1.29 is 4.79 Å². The molecule has 1 fully saturated rings. The summed E-state index contributed by atoms with van der Waals surface area (Å²) in [5.74, 6) is 0.213. The van der Waals surface area contributed by atoms with Crippen LogP contribution in [0.15, 0.2) is 24.3 Å². The highest BCUT2D eigenvalue weighted by Gasteiger charge is 2.50. The Labute approximate surface area is 128 Å². The van der Waals surface area contributed by atoms with Crippen molar-refractivity contribution in [3.63, 3.8) is 0 Å². The third-order valence-electron chi connectivity index (χ3n) is 4.35. The van der Waals surface area contributed by atoms with Crippen LogP contribution in [0.3, 0.4) is 0 Å². The van der Waals surface area contributed by atoms with Gasteiger partial charge in [0.1, 0.15) is 10.9 Å². The van der Waals surface area contributed by atoms with Crippen LogP contribution in [0.5, 0.6) is 0 Å². The molecule has 2 aromatic rings. The molecule has 5 heteroatoms. The van der Waals surface area contributed by atoms with Crippen LogP contribution in [0.4, 0.5) is 5.69 Å². The molecule has 1 aromatic carbocycles. The fraction of sp³-hybridized carbons (Fsp3) is 0.375. The quantitative estimate of drug-likeness (QED) is 0.884. The summed E-state index contributed by atoms with van der Waals surface area (Å²) in [7, 11) is 1.79. The Balaban J connectivity index is 1.87. The van der Waals surface area contributed by atoms with E-state index in [2.05, 4.69) is 5.10 Å². The smallest absolute Gasteiger partial charge is 0.147 e. The van der Waals surface area contributed by atoms with Crippen molar-refractivity contribution >= 4 is 23.1 Å². The molecule has 0 spiro atoms. The second-order valence-electron chi connectivity index (χ2n) is 5.78. The van der Waals surface area contributed by atoms with Gasteiger partial charge in [-0.2, -0.15) is 5.10 Å². The molecule has 0 radical (unpaired) electrons. The number of anilines is 1. The lowest BCUT2D eigenvalue weighted by molar-refractivity contribution is -0.120. The second kappa shape index (κ2) is 4.88. The van der Waals surface area contributed by atoms with E-state index < -0.39 is 0 Å². The van der Waals surface area contributed by atoms with Gasteiger partial charge in [-0.3, -0.25) is 9.48 Å². The first kappa shape index (κ1) is 14.1. The number of carbonyl (C=O) groups excluding carboxylic acids is 1. The van der Waals surface area contributed by atoms with Gasteiger partial charge in [0, 0.05) is 24.7 Å². The molecule has 0 amide bonds. The lowest BCUT2D eigenvalue weighted by atomic mass is 9.88. The average molecular weight is 304 g/mol. The maximum Gasteiger partial charge on any atom is 0.147 e. The Morgan fingerprint density at radius 3 is 2.48 bits per heavy atom. The van der Waals surface area contributed by atoms with Gasteiger partial charge in [0.25, 0.3) is 0 Å². The molecule has 1 heterocycles. The van der Waals surface area contributed by atoms with Crippen molar-refractivity contribution in [1.82, 2.24) is 9.78 Å². The Morgan fingerprint density at radius 2 is 2.00 bits per heavy atom. The standard InChI is InChI=1S/C16H18ClN3O/c1-10-13(15(17)20(2)19-10)9-14(21)16(7-8-16)11-3-5-12(18)6-4-11/h3-6H,7-9,18H2,1-2H3. The predicted molar refractivity (Wildman–Crippen MR) is 83.4 cm³/mol. The first-order valence-corrected chi connectivity index (χ1v) is 7.39. The summed E-state index contributed by atoms with van der Waals surface area (Å²) in [4.78, 5) is 12.8. The highest BCUT2D eigenvalue weighted by Crippen LogP contribution is 2.50. The zero-order valence-electron chi connectivity index (χ0n) is 12.2. The minimum Gasteiger partial charge on any atom is -0.399 e. The maximum atomic E-state index is 12.8. The van der Waals surface area contributed by atoms with Crippen molar-refractivity contribution in [3.05, 3.63) is 46.2 Å². The highest BCUT2D eigenvalue weighted by molar-refractivity contribution is 6.30. The first-order valence-electron chi connectivity index (χ1n) is 7.01. The molecule has 1 aliphatic rings. The number of carbonyl (C=O) groups is 1. The number of aromatic nitrogens is 2. The number of hydrogen-bond donors (Lipinski definition) is 1. The Hall–Kier alpha value is -1.81. The number of Topliss-reactive ketones (excluding diaryl/α,β-unsaturated/α-hetero) is 1. The Bertz CT molecular complexity index is 699. The molecule has 0 saturated heterocycles. The van der Waals surface area contributed by atoms with Gasteiger partial charge in [0.15, 0.2) is 0 Å². The summed E-state index contributed by atoms with van der Waals surface area (Å²) in [6.07, 6.45) is 2.13. The van der Waals surface area contributed by atoms with E-state index in [1.165, 1.54) is 0 Å². The number of hydrogen-bond acceptors (Lipinski definition) is 3. The van der Waals surface area contributed by atoms with E-state index in [9.17, 15) is 4.79 Å². The van der Waals surface area contributed by atoms with Crippen LogP contribution in [0.1, 0.15) is 29.7 Å². The van der Waals surface area contributed by atoms with Crippen molar-refractivity contribution in [2.45, 2.75) is 31.6 Å². The average Bonchev–Trinajstić information content (AvgIpc) is 3.21. The summed E-state index contributed by atoms with van der Waals surface area (Å²) in [6, 6.07) is 7.62. The van der Waals surface area contributed by atoms with Crippen molar-refractivity contribution in [1.29, 1.82) is 0 Å². The maximum absolute atomic E-state index is 12.8. The van der Waals surface area contributed by atoms with Crippen LogP contribution in [0, 0.1) is 6.92 Å². The molecule has 0 bridgehead atoms. The number of benzene rings is 1. The van der Waals surface area contributed by atoms with E-state index in [0.717, 1.165) is 29.7 Å². The van der Waals surface area contributed by atoms with Crippen LogP contribution in [-0.4, -0.2) is 15.6 Å². The number of halogens is 1. The SMILES string of the molecule is Cc1nn(C)c(Cl)c1CC(=O)C1(c2ccc(N)cc2)CC1. The topological polar surface area (TPSA) is 60.9 Å². The van der Waals surface area contributed by atoms with E-state index in [-0.39, 0.29) is 11.2 Å². The van der Waals surface area contributed by atoms with Crippen LogP contribution in [0.25, 0.3) is 0 Å². The van der Waals surface area contributed by atoms with Crippen molar-refractivity contribution in [2.75, 3.05) is 5.73 Å². The fourth-order valence-electron chi connectivity index (χ4n) is 2.86. The third-order valence-corrected chi connectivity index (χ3v) is 4.83. The van der Waals surface area contributed by atoms with E-state index >= 15 is 0 Å². The summed E-state index contributed by atoms with van der Waals surface area (Å²) in [5, 5.41) is 4.82. The molecule has 4 nitrogen and oxygen atoms in total. The van der Waals surface area contributed by atoms with Gasteiger partial charge < -0.3 is 5.73 Å². The molecule has 1 aliphatic carbocycles. The van der Waals surface area contributed by atoms with Gasteiger partial charge in [0.05, 0.1) is 11.1 Å². The Kier molecular flexibility index (Phi) is 3.29. The monoisotopic (exact) mass is 303 g/mol. The molecule has 110 valence electrons. The van der Waals surface area contributed by atoms with Crippen LogP contribution < -0.4 is 5.73 Å². The molecule has 1 saturated carbocycles. The van der Waals surface area contributed by atoms with Gasteiger partial charge in [-0.25, -0.2) is 0 Å². The molecule has 0 unspecified atom stereocenters. The third kappa shape index (κ3) is 2.33. The van der Waals surface area contributed by atoms with E-state index in [4.69, 9.17) is 17.3 Å². The highest BCUT2D eigenvalue weighted by atomic mass is 35.5. The first-order chi connectivity index (χ1) is 9.94. The number of nitrogen functional groups attached to an aromatic ring is 1. The van der Waals surface area contributed by atoms with E-state index in [1.54, 1.807) is 11.7 Å². The minimum absolute atomic E-state index is 0.213. The summed E-state index contributed by atoms with van der Waals surface area (Å²) >= 11 is 6.23. The largest absolute Gasteiger partial charge is 0.399 e. The van der Waals surface area contributed by atoms with Gasteiger partial charge in [-0.05, 0) is 37.5 Å². The number of nitrogens with zero attached hydrogens (tertiary/aromatic N) is 2. The normalized spacial score (nSPS) is 16.0. The van der Waals surface area contributed by atoms with Gasteiger partial charge in [0.2, 0.25) is 0 Å². The number of aryl methyl sites for hydroxylation is 2. The Morgan fingerprint density at radius 1 is 1.38 bits per heavy atom. The number of rotatable bonds is 4. The van der Waals surface area contributed by atoms with Gasteiger partial charge >= 0.3 is 0 Å². The fourth-order valence-corrected chi connectivity index (χ4v) is 3.10. The lowest BCUT2D eigenvalue weighted by Gasteiger charge is -2.14. The van der Waals surface area contributed by atoms with E-state index in [0.29, 0.717) is 17.3 Å². The van der Waals surface area contributed by atoms with Gasteiger partial charge in [-0.1, -0.05) is 23.7 Å². The molecule has 0 atom stereocenters. The van der Waals surface area contributed by atoms with Crippen molar-refractivity contribution in [3.8, 4) is 0 Å². The molecule has 21 heavy (non-hydrogen) atoms. The summed E-state index contributed by atoms with van der Waals surface area (Å²) < 4.78 is 1.61. The zero-order valence-corrected chi connectivity index (χ0v) is 12.9. The van der Waals surface area contributed by atoms with Crippen molar-refractivity contribution in [2.24, 2.45) is 7.05 Å². The molecule has 3 rings (SSSR count). The molecular formula is C16H18ClN3O. The lowest BCUT2D eigenvalue weighted by Crippen LogP contribution is -2.22.